The number of amides is 1. The van der Waals surface area contributed by atoms with Crippen molar-refractivity contribution in [3.63, 3.8) is 0 Å². The van der Waals surface area contributed by atoms with Gasteiger partial charge in [-0.1, -0.05) is 71.2 Å². The van der Waals surface area contributed by atoms with Crippen LogP contribution in [0.1, 0.15) is 93.4 Å². The molecule has 0 radical (unpaired) electrons. The third-order valence-electron chi connectivity index (χ3n) is 9.99. The highest BCUT2D eigenvalue weighted by atomic mass is 33.1. The van der Waals surface area contributed by atoms with E-state index in [1.165, 1.54) is 12.5 Å². The van der Waals surface area contributed by atoms with Crippen LogP contribution in [-0.2, 0) is 40.1 Å². The van der Waals surface area contributed by atoms with E-state index in [0.29, 0.717) is 74.9 Å². The number of aliphatic hydroxyl groups is 1. The number of aliphatic imine (C=N–C) groups is 1. The molecule has 274 valence electrons. The van der Waals surface area contributed by atoms with Gasteiger partial charge in [0.1, 0.15) is 6.10 Å². The predicted molar refractivity (Wildman–Crippen MR) is 201 cm³/mol. The molecule has 1 amide bonds. The molecule has 12 heteroatoms. The van der Waals surface area contributed by atoms with Crippen molar-refractivity contribution in [3.8, 4) is 11.5 Å². The molecule has 1 fully saturated rings. The Morgan fingerprint density at radius 1 is 1.12 bits per heavy atom. The second kappa shape index (κ2) is 18.9. The van der Waals surface area contributed by atoms with E-state index in [0.717, 1.165) is 68.2 Å². The minimum absolute atomic E-state index is 0.0526. The minimum Gasteiger partial charge on any atom is -0.504 e. The van der Waals surface area contributed by atoms with Crippen molar-refractivity contribution in [2.24, 2.45) is 16.1 Å². The van der Waals surface area contributed by atoms with Crippen molar-refractivity contribution in [1.82, 2.24) is 10.2 Å². The van der Waals surface area contributed by atoms with Gasteiger partial charge < -0.3 is 35.6 Å². The third-order valence-corrected chi connectivity index (χ3v) is 12.2. The van der Waals surface area contributed by atoms with Crippen molar-refractivity contribution in [2.75, 3.05) is 31.3 Å². The van der Waals surface area contributed by atoms with Gasteiger partial charge in [-0.05, 0) is 68.6 Å². The Morgan fingerprint density at radius 2 is 1.94 bits per heavy atom. The van der Waals surface area contributed by atoms with Gasteiger partial charge in [-0.3, -0.25) is 9.59 Å². The van der Waals surface area contributed by atoms with Crippen molar-refractivity contribution >= 4 is 39.4 Å². The molecule has 0 aromatic heterocycles. The zero-order chi connectivity index (χ0) is 35.3. The molecule has 2 aromatic rings. The van der Waals surface area contributed by atoms with Crippen LogP contribution in [0.25, 0.3) is 0 Å². The van der Waals surface area contributed by atoms with E-state index in [4.69, 9.17) is 15.2 Å². The molecule has 2 aromatic carbocycles. The molecular formula is C38H54N4O6S2. The third kappa shape index (κ3) is 11.2. The molecule has 3 heterocycles. The van der Waals surface area contributed by atoms with Crippen LogP contribution in [0.2, 0.25) is 0 Å². The van der Waals surface area contributed by atoms with Crippen LogP contribution in [0.15, 0.2) is 41.4 Å². The van der Waals surface area contributed by atoms with Gasteiger partial charge >= 0.3 is 5.97 Å². The van der Waals surface area contributed by atoms with Gasteiger partial charge in [0.15, 0.2) is 17.5 Å². The Labute approximate surface area is 304 Å². The number of aryl methyl sites for hydroxylation is 1. The molecule has 0 aliphatic carbocycles. The summed E-state index contributed by atoms with van der Waals surface area (Å²) in [4.78, 5) is 32.1. The Bertz CT molecular complexity index is 1460. The van der Waals surface area contributed by atoms with Crippen LogP contribution >= 0.6 is 21.6 Å². The number of guanidine groups is 1. The molecule has 5 N–H and O–H groups in total. The van der Waals surface area contributed by atoms with Gasteiger partial charge in [0, 0.05) is 61.7 Å². The molecule has 1 saturated heterocycles. The summed E-state index contributed by atoms with van der Waals surface area (Å²) in [6.45, 7) is 3.34. The van der Waals surface area contributed by atoms with Crippen LogP contribution in [0.4, 0.5) is 0 Å². The minimum atomic E-state index is -0.551. The summed E-state index contributed by atoms with van der Waals surface area (Å²) in [5, 5.41) is 25.6. The molecule has 3 atom stereocenters. The molecular weight excluding hydrogens is 673 g/mol. The molecule has 5 rings (SSSR count). The maximum Gasteiger partial charge on any atom is 0.302 e. The molecule has 3 aliphatic heterocycles. The number of aliphatic hydroxyl groups excluding tert-OH is 1. The maximum atomic E-state index is 13.7. The highest BCUT2D eigenvalue weighted by molar-refractivity contribution is 8.76. The molecule has 4 bridgehead atoms. The number of phenolic OH excluding ortho intramolecular Hbond substituents is 1. The van der Waals surface area contributed by atoms with Gasteiger partial charge in [0.05, 0.1) is 18.6 Å². The number of hydrogen-bond acceptors (Lipinski definition) is 11. The van der Waals surface area contributed by atoms with Crippen LogP contribution in [0.3, 0.4) is 0 Å². The number of nitrogens with two attached hydrogens (primary N) is 1. The predicted octanol–water partition coefficient (Wildman–Crippen LogP) is 5.89. The fourth-order valence-corrected chi connectivity index (χ4v) is 9.32. The SMILES string of the molecule is CC(=O)O[C@@H]1CCc2cc(c(O)c3c2CCCO3)CN2C[C@](Cc3ccccc3)(CCNC(N)=NCSSCCCCCC[C@H](O)C1)CC2=O. The van der Waals surface area contributed by atoms with E-state index in [-0.39, 0.29) is 29.6 Å². The molecule has 0 saturated carbocycles. The van der Waals surface area contributed by atoms with Crippen molar-refractivity contribution in [1.29, 1.82) is 0 Å². The van der Waals surface area contributed by atoms with E-state index >= 15 is 0 Å². The van der Waals surface area contributed by atoms with Gasteiger partial charge in [-0.15, -0.1) is 0 Å². The highest BCUT2D eigenvalue weighted by Crippen LogP contribution is 2.43. The van der Waals surface area contributed by atoms with E-state index in [1.807, 2.05) is 29.2 Å². The Hall–Kier alpha value is -3.09. The average molecular weight is 727 g/mol. The number of phenols is 1. The molecule has 0 spiro atoms. The lowest BCUT2D eigenvalue weighted by atomic mass is 9.77. The first-order valence-electron chi connectivity index (χ1n) is 18.2. The number of fused-ring (bicyclic) bond motifs is 6. The summed E-state index contributed by atoms with van der Waals surface area (Å²) in [7, 11) is 3.48. The van der Waals surface area contributed by atoms with Crippen LogP contribution in [-0.4, -0.2) is 76.5 Å². The first-order valence-corrected chi connectivity index (χ1v) is 20.6. The number of benzene rings is 2. The summed E-state index contributed by atoms with van der Waals surface area (Å²) in [6.07, 6.45) is 8.89. The second-order valence-electron chi connectivity index (χ2n) is 14.0. The number of carbonyl (C=O) groups excluding carboxylic acids is 2. The normalized spacial score (nSPS) is 25.0. The van der Waals surface area contributed by atoms with Crippen LogP contribution < -0.4 is 15.8 Å². The van der Waals surface area contributed by atoms with Gasteiger partial charge in [0.25, 0.3) is 0 Å². The highest BCUT2D eigenvalue weighted by Gasteiger charge is 2.43. The largest absolute Gasteiger partial charge is 0.504 e. The molecule has 50 heavy (non-hydrogen) atoms. The number of carbonyl (C=O) groups is 2. The van der Waals surface area contributed by atoms with E-state index in [1.54, 1.807) is 21.6 Å². The summed E-state index contributed by atoms with van der Waals surface area (Å²) >= 11 is 0. The number of hydrogen-bond donors (Lipinski definition) is 4. The van der Waals surface area contributed by atoms with Gasteiger partial charge in [-0.2, -0.15) is 0 Å². The van der Waals surface area contributed by atoms with Gasteiger partial charge in [0.2, 0.25) is 5.91 Å². The Balaban J connectivity index is 1.40. The Morgan fingerprint density at radius 3 is 2.76 bits per heavy atom. The van der Waals surface area contributed by atoms with Crippen LogP contribution in [0.5, 0.6) is 11.5 Å². The quantitative estimate of drug-likeness (QED) is 0.223. The van der Waals surface area contributed by atoms with Crippen molar-refractivity contribution in [2.45, 2.75) is 109 Å². The number of nitrogens with zero attached hydrogens (tertiary/aromatic N) is 2. The number of nitrogens with one attached hydrogen (secondary N) is 1. The lowest BCUT2D eigenvalue weighted by Gasteiger charge is -2.30. The number of aromatic hydroxyl groups is 1. The molecule has 0 unspecified atom stereocenters. The first-order chi connectivity index (χ1) is 24.2. The number of ether oxygens (including phenoxy) is 2. The summed E-state index contributed by atoms with van der Waals surface area (Å²) in [5.41, 5.74) is 9.75. The fraction of sp³-hybridized carbons (Fsp3) is 0.605. The zero-order valence-corrected chi connectivity index (χ0v) is 31.0. The van der Waals surface area contributed by atoms with Crippen molar-refractivity contribution < 1.29 is 29.3 Å². The van der Waals surface area contributed by atoms with Crippen molar-refractivity contribution in [3.05, 3.63) is 58.7 Å². The van der Waals surface area contributed by atoms with E-state index in [2.05, 4.69) is 22.4 Å². The summed E-state index contributed by atoms with van der Waals surface area (Å²) in [6, 6.07) is 12.3. The molecule has 10 nitrogen and oxygen atoms in total. The number of rotatable bonds is 3. The fourth-order valence-electron chi connectivity index (χ4n) is 7.53. The topological polar surface area (TPSA) is 147 Å². The van der Waals surface area contributed by atoms with E-state index < -0.39 is 12.2 Å². The van der Waals surface area contributed by atoms with Crippen LogP contribution in [0, 0.1) is 5.41 Å². The zero-order valence-electron chi connectivity index (χ0n) is 29.4. The lowest BCUT2D eigenvalue weighted by Crippen LogP contribution is -2.37. The summed E-state index contributed by atoms with van der Waals surface area (Å²) in [5.74, 6) is 2.30. The standard InChI is InChI=1S/C38H54N4O6S2/c1-27(43)48-32-15-14-29-20-30(35(46)36-33(29)13-9-18-47-36)24-42-25-38(23-34(42)45,22-28-10-5-4-6-11-28)16-17-40-37(39)41-26-50-49-19-8-3-2-7-12-31(44)21-32/h4-6,10-11,20,31-32,44,46H,2-3,7-9,12-19,21-26H2,1H3,(H3,39,40,41)/t31-,32+,38-/m0/s1. The van der Waals surface area contributed by atoms with E-state index in [9.17, 15) is 19.8 Å². The maximum absolute atomic E-state index is 13.7. The lowest BCUT2D eigenvalue weighted by molar-refractivity contribution is -0.148. The summed E-state index contributed by atoms with van der Waals surface area (Å²) < 4.78 is 11.7. The van der Waals surface area contributed by atoms with Gasteiger partial charge in [-0.25, -0.2) is 4.99 Å². The monoisotopic (exact) mass is 726 g/mol. The smallest absolute Gasteiger partial charge is 0.302 e. The second-order valence-corrected chi connectivity index (χ2v) is 16.6. The number of esters is 1. The molecule has 3 aliphatic rings. The first kappa shape index (κ1) is 38.1. The average Bonchev–Trinajstić information content (AvgIpc) is 3.39. The Kier molecular flexibility index (Phi) is 14.5.